The van der Waals surface area contributed by atoms with Gasteiger partial charge >= 0.3 is 0 Å². The van der Waals surface area contributed by atoms with E-state index in [1.54, 1.807) is 19.2 Å². The second kappa shape index (κ2) is 5.95. The molecule has 0 bridgehead atoms. The standard InChI is InChI=1S/C10H16N2O3S/c1-15-8-9-3-2-4-10(7-9)16(13,14)12-6-5-11/h2-4,7,12H,5-6,8,11H2,1H3. The van der Waals surface area contributed by atoms with Gasteiger partial charge in [0.15, 0.2) is 0 Å². The van der Waals surface area contributed by atoms with E-state index in [0.29, 0.717) is 6.61 Å². The van der Waals surface area contributed by atoms with Gasteiger partial charge in [-0.05, 0) is 17.7 Å². The summed E-state index contributed by atoms with van der Waals surface area (Å²) in [5.74, 6) is 0. The van der Waals surface area contributed by atoms with E-state index in [4.69, 9.17) is 10.5 Å². The highest BCUT2D eigenvalue weighted by Crippen LogP contribution is 2.11. The van der Waals surface area contributed by atoms with Crippen LogP contribution in [-0.4, -0.2) is 28.6 Å². The Labute approximate surface area is 95.7 Å². The highest BCUT2D eigenvalue weighted by atomic mass is 32.2. The zero-order valence-electron chi connectivity index (χ0n) is 9.14. The van der Waals surface area contributed by atoms with Crippen LogP contribution < -0.4 is 10.5 Å². The number of ether oxygens (including phenoxy) is 1. The van der Waals surface area contributed by atoms with Crippen LogP contribution in [0, 0.1) is 0 Å². The van der Waals surface area contributed by atoms with Crippen molar-refractivity contribution < 1.29 is 13.2 Å². The Morgan fingerprint density at radius 1 is 1.44 bits per heavy atom. The first-order chi connectivity index (χ1) is 7.60. The minimum Gasteiger partial charge on any atom is -0.380 e. The Balaban J connectivity index is 2.90. The van der Waals surface area contributed by atoms with Crippen LogP contribution in [0.3, 0.4) is 0 Å². The van der Waals surface area contributed by atoms with Crippen molar-refractivity contribution in [2.75, 3.05) is 20.2 Å². The predicted octanol–water partition coefficient (Wildman–Crippen LogP) is 0.0700. The van der Waals surface area contributed by atoms with Crippen LogP contribution in [0.5, 0.6) is 0 Å². The van der Waals surface area contributed by atoms with E-state index in [9.17, 15) is 8.42 Å². The fraction of sp³-hybridized carbons (Fsp3) is 0.400. The Kier molecular flexibility index (Phi) is 4.88. The summed E-state index contributed by atoms with van der Waals surface area (Å²) < 4.78 is 30.8. The van der Waals surface area contributed by atoms with Crippen LogP contribution in [0.4, 0.5) is 0 Å². The van der Waals surface area contributed by atoms with Gasteiger partial charge in [-0.1, -0.05) is 12.1 Å². The van der Waals surface area contributed by atoms with Gasteiger partial charge in [-0.15, -0.1) is 0 Å². The van der Waals surface area contributed by atoms with Gasteiger partial charge in [-0.2, -0.15) is 0 Å². The highest BCUT2D eigenvalue weighted by Gasteiger charge is 2.12. The second-order valence-corrected chi connectivity index (χ2v) is 5.03. The fourth-order valence-corrected chi connectivity index (χ4v) is 2.36. The molecule has 3 N–H and O–H groups in total. The molecule has 0 aliphatic heterocycles. The maximum absolute atomic E-state index is 11.7. The van der Waals surface area contributed by atoms with Crippen molar-refractivity contribution in [3.05, 3.63) is 29.8 Å². The number of nitrogens with two attached hydrogens (primary N) is 1. The van der Waals surface area contributed by atoms with E-state index in [1.165, 1.54) is 6.07 Å². The number of hydrogen-bond acceptors (Lipinski definition) is 4. The fourth-order valence-electron chi connectivity index (χ4n) is 1.25. The maximum atomic E-state index is 11.7. The Morgan fingerprint density at radius 2 is 2.19 bits per heavy atom. The van der Waals surface area contributed by atoms with Crippen molar-refractivity contribution in [2.24, 2.45) is 5.73 Å². The topological polar surface area (TPSA) is 81.4 Å². The van der Waals surface area contributed by atoms with Gasteiger partial charge in [0, 0.05) is 20.2 Å². The molecule has 0 aromatic heterocycles. The third-order valence-electron chi connectivity index (χ3n) is 1.96. The molecule has 6 heteroatoms. The maximum Gasteiger partial charge on any atom is 0.240 e. The Bertz CT molecular complexity index is 431. The molecule has 0 aliphatic rings. The average Bonchev–Trinajstić information content (AvgIpc) is 2.27. The van der Waals surface area contributed by atoms with Crippen molar-refractivity contribution in [1.82, 2.24) is 4.72 Å². The van der Waals surface area contributed by atoms with Gasteiger partial charge in [0.2, 0.25) is 10.0 Å². The van der Waals surface area contributed by atoms with Crippen molar-refractivity contribution in [3.63, 3.8) is 0 Å². The highest BCUT2D eigenvalue weighted by molar-refractivity contribution is 7.89. The van der Waals surface area contributed by atoms with Gasteiger partial charge < -0.3 is 10.5 Å². The normalized spacial score (nSPS) is 11.6. The lowest BCUT2D eigenvalue weighted by atomic mass is 10.2. The number of nitrogens with one attached hydrogen (secondary N) is 1. The molecular formula is C10H16N2O3S. The van der Waals surface area contributed by atoms with Gasteiger partial charge in [0.1, 0.15) is 0 Å². The second-order valence-electron chi connectivity index (χ2n) is 3.27. The largest absolute Gasteiger partial charge is 0.380 e. The van der Waals surface area contributed by atoms with E-state index < -0.39 is 10.0 Å². The van der Waals surface area contributed by atoms with E-state index >= 15 is 0 Å². The van der Waals surface area contributed by atoms with Gasteiger partial charge in [0.05, 0.1) is 11.5 Å². The molecule has 0 heterocycles. The summed E-state index contributed by atoms with van der Waals surface area (Å²) >= 11 is 0. The molecule has 0 fully saturated rings. The van der Waals surface area contributed by atoms with Gasteiger partial charge in [-0.3, -0.25) is 0 Å². The molecule has 0 radical (unpaired) electrons. The smallest absolute Gasteiger partial charge is 0.240 e. The number of benzene rings is 1. The molecule has 0 saturated carbocycles. The average molecular weight is 244 g/mol. The van der Waals surface area contributed by atoms with Crippen molar-refractivity contribution in [3.8, 4) is 0 Å². The molecule has 0 amide bonds. The van der Waals surface area contributed by atoms with Crippen LogP contribution in [0.15, 0.2) is 29.2 Å². The minimum absolute atomic E-state index is 0.232. The molecule has 0 spiro atoms. The summed E-state index contributed by atoms with van der Waals surface area (Å²) in [7, 11) is -1.89. The lowest BCUT2D eigenvalue weighted by Crippen LogP contribution is -2.29. The third-order valence-corrected chi connectivity index (χ3v) is 3.41. The molecular weight excluding hydrogens is 228 g/mol. The predicted molar refractivity (Wildman–Crippen MR) is 61.4 cm³/mol. The molecule has 5 nitrogen and oxygen atoms in total. The number of hydrogen-bond donors (Lipinski definition) is 2. The summed E-state index contributed by atoms with van der Waals surface area (Å²) in [5.41, 5.74) is 6.06. The number of sulfonamides is 1. The van der Waals surface area contributed by atoms with E-state index in [2.05, 4.69) is 4.72 Å². The quantitative estimate of drug-likeness (QED) is 0.742. The monoisotopic (exact) mass is 244 g/mol. The molecule has 0 unspecified atom stereocenters. The van der Waals surface area contributed by atoms with E-state index in [-0.39, 0.29) is 18.0 Å². The third kappa shape index (κ3) is 3.57. The Morgan fingerprint density at radius 3 is 2.81 bits per heavy atom. The van der Waals surface area contributed by atoms with Crippen molar-refractivity contribution in [1.29, 1.82) is 0 Å². The molecule has 1 rings (SSSR count). The summed E-state index contributed by atoms with van der Waals surface area (Å²) in [6, 6.07) is 6.62. The van der Waals surface area contributed by atoms with Crippen LogP contribution >= 0.6 is 0 Å². The zero-order chi connectivity index (χ0) is 12.0. The minimum atomic E-state index is -3.45. The summed E-state index contributed by atoms with van der Waals surface area (Å²) in [4.78, 5) is 0.232. The first kappa shape index (κ1) is 13.1. The lowest BCUT2D eigenvalue weighted by Gasteiger charge is -2.07. The van der Waals surface area contributed by atoms with Crippen LogP contribution in [-0.2, 0) is 21.4 Å². The number of rotatable bonds is 6. The van der Waals surface area contributed by atoms with Crippen LogP contribution in [0.2, 0.25) is 0 Å². The van der Waals surface area contributed by atoms with Gasteiger partial charge in [0.25, 0.3) is 0 Å². The molecule has 0 aliphatic carbocycles. The molecule has 0 atom stereocenters. The Hall–Kier alpha value is -0.950. The molecule has 16 heavy (non-hydrogen) atoms. The van der Waals surface area contributed by atoms with Crippen molar-refractivity contribution >= 4 is 10.0 Å². The number of methoxy groups -OCH3 is 1. The van der Waals surface area contributed by atoms with E-state index in [0.717, 1.165) is 5.56 Å². The molecule has 90 valence electrons. The van der Waals surface area contributed by atoms with Crippen LogP contribution in [0.25, 0.3) is 0 Å². The molecule has 0 saturated heterocycles. The lowest BCUT2D eigenvalue weighted by molar-refractivity contribution is 0.184. The SMILES string of the molecule is COCc1cccc(S(=O)(=O)NCCN)c1. The summed E-state index contributed by atoms with van der Waals surface area (Å²) in [6.07, 6.45) is 0. The van der Waals surface area contributed by atoms with Crippen molar-refractivity contribution in [2.45, 2.75) is 11.5 Å². The zero-order valence-corrected chi connectivity index (χ0v) is 9.96. The first-order valence-corrected chi connectivity index (χ1v) is 6.36. The molecule has 1 aromatic carbocycles. The van der Waals surface area contributed by atoms with E-state index in [1.807, 2.05) is 6.07 Å². The van der Waals surface area contributed by atoms with Crippen LogP contribution in [0.1, 0.15) is 5.56 Å². The first-order valence-electron chi connectivity index (χ1n) is 4.88. The van der Waals surface area contributed by atoms with Gasteiger partial charge in [-0.25, -0.2) is 13.1 Å². The summed E-state index contributed by atoms with van der Waals surface area (Å²) in [5, 5.41) is 0. The summed E-state index contributed by atoms with van der Waals surface area (Å²) in [6.45, 7) is 0.897. The molecule has 1 aromatic rings.